The first kappa shape index (κ1) is 16.8. The van der Waals surface area contributed by atoms with Gasteiger partial charge in [0.05, 0.1) is 12.7 Å². The number of benzene rings is 1. The molecule has 1 unspecified atom stereocenters. The first-order valence-electron chi connectivity index (χ1n) is 7.48. The van der Waals surface area contributed by atoms with Crippen LogP contribution in [-0.2, 0) is 6.54 Å². The molecule has 1 atom stereocenters. The van der Waals surface area contributed by atoms with Gasteiger partial charge in [-0.1, -0.05) is 19.9 Å². The lowest BCUT2D eigenvalue weighted by molar-refractivity contribution is 0.102. The van der Waals surface area contributed by atoms with Crippen LogP contribution in [0.15, 0.2) is 18.2 Å². The van der Waals surface area contributed by atoms with Gasteiger partial charge in [-0.25, -0.2) is 0 Å². The average Bonchev–Trinajstić information content (AvgIpc) is 2.46. The van der Waals surface area contributed by atoms with Crippen LogP contribution in [0, 0.1) is 0 Å². The summed E-state index contributed by atoms with van der Waals surface area (Å²) in [5.74, 6) is 1.44. The molecular formula is C16H27NO3. The summed E-state index contributed by atoms with van der Waals surface area (Å²) in [4.78, 5) is 0. The Kier molecular flexibility index (Phi) is 8.07. The van der Waals surface area contributed by atoms with Gasteiger partial charge >= 0.3 is 0 Å². The Morgan fingerprint density at radius 2 is 1.95 bits per heavy atom. The van der Waals surface area contributed by atoms with E-state index < -0.39 is 6.10 Å². The third-order valence-electron chi connectivity index (χ3n) is 2.97. The number of nitrogens with one attached hydrogen (secondary N) is 1. The molecule has 0 amide bonds. The molecule has 1 aromatic rings. The predicted molar refractivity (Wildman–Crippen MR) is 81.4 cm³/mol. The van der Waals surface area contributed by atoms with Crippen LogP contribution in [0.5, 0.6) is 11.5 Å². The maximum Gasteiger partial charge on any atom is 0.161 e. The zero-order valence-electron chi connectivity index (χ0n) is 12.8. The zero-order valence-corrected chi connectivity index (χ0v) is 12.8. The lowest BCUT2D eigenvalue weighted by Crippen LogP contribution is -2.17. The molecule has 0 saturated carbocycles. The summed E-state index contributed by atoms with van der Waals surface area (Å²) in [5.41, 5.74) is 1.17. The number of hydrogen-bond donors (Lipinski definition) is 2. The highest BCUT2D eigenvalue weighted by atomic mass is 16.5. The molecule has 0 radical (unpaired) electrons. The molecule has 0 aliphatic rings. The van der Waals surface area contributed by atoms with Gasteiger partial charge in [-0.05, 0) is 44.0 Å². The molecule has 4 heteroatoms. The second-order valence-corrected chi connectivity index (χ2v) is 4.76. The lowest BCUT2D eigenvalue weighted by atomic mass is 10.2. The van der Waals surface area contributed by atoms with Crippen molar-refractivity contribution in [2.75, 3.05) is 19.8 Å². The minimum absolute atomic E-state index is 0.296. The van der Waals surface area contributed by atoms with Gasteiger partial charge in [0.1, 0.15) is 6.61 Å². The smallest absolute Gasteiger partial charge is 0.161 e. The van der Waals surface area contributed by atoms with Crippen LogP contribution < -0.4 is 14.8 Å². The fourth-order valence-electron chi connectivity index (χ4n) is 1.76. The Balaban J connectivity index is 2.68. The van der Waals surface area contributed by atoms with E-state index in [9.17, 15) is 5.11 Å². The van der Waals surface area contributed by atoms with Crippen LogP contribution in [0.1, 0.15) is 39.2 Å². The average molecular weight is 281 g/mol. The van der Waals surface area contributed by atoms with E-state index in [0.717, 1.165) is 25.3 Å². The topological polar surface area (TPSA) is 50.7 Å². The molecule has 0 heterocycles. The van der Waals surface area contributed by atoms with Gasteiger partial charge in [-0.3, -0.25) is 0 Å². The molecule has 1 aromatic carbocycles. The van der Waals surface area contributed by atoms with E-state index in [1.807, 2.05) is 32.0 Å². The maximum absolute atomic E-state index is 9.56. The minimum Gasteiger partial charge on any atom is -0.490 e. The van der Waals surface area contributed by atoms with Crippen LogP contribution in [0.2, 0.25) is 0 Å². The summed E-state index contributed by atoms with van der Waals surface area (Å²) >= 11 is 0. The molecular weight excluding hydrogens is 254 g/mol. The maximum atomic E-state index is 9.56. The van der Waals surface area contributed by atoms with Gasteiger partial charge in [-0.15, -0.1) is 0 Å². The van der Waals surface area contributed by atoms with Crippen molar-refractivity contribution in [3.05, 3.63) is 23.8 Å². The highest BCUT2D eigenvalue weighted by Crippen LogP contribution is 2.28. The number of hydrogen-bond acceptors (Lipinski definition) is 4. The molecule has 0 bridgehead atoms. The molecule has 0 aliphatic carbocycles. The summed E-state index contributed by atoms with van der Waals surface area (Å²) in [5, 5.41) is 12.9. The standard InChI is InChI=1S/C16H27NO3/c1-4-9-17-11-13-7-8-15(16(10-13)19-6-3)20-12-14(18)5-2/h7-8,10,14,17-18H,4-6,9,11-12H2,1-3H3. The van der Waals surface area contributed by atoms with E-state index in [1.165, 1.54) is 5.56 Å². The van der Waals surface area contributed by atoms with Crippen LogP contribution in [0.4, 0.5) is 0 Å². The van der Waals surface area contributed by atoms with E-state index in [2.05, 4.69) is 12.2 Å². The lowest BCUT2D eigenvalue weighted by Gasteiger charge is -2.15. The second kappa shape index (κ2) is 9.61. The largest absolute Gasteiger partial charge is 0.490 e. The summed E-state index contributed by atoms with van der Waals surface area (Å²) in [7, 11) is 0. The van der Waals surface area contributed by atoms with Crippen molar-refractivity contribution >= 4 is 0 Å². The molecule has 0 saturated heterocycles. The number of aliphatic hydroxyl groups is 1. The monoisotopic (exact) mass is 281 g/mol. The SMILES string of the molecule is CCCNCc1ccc(OCC(O)CC)c(OCC)c1. The summed E-state index contributed by atoms with van der Waals surface area (Å²) in [6.45, 7) is 8.75. The van der Waals surface area contributed by atoms with Crippen molar-refractivity contribution < 1.29 is 14.6 Å². The fraction of sp³-hybridized carbons (Fsp3) is 0.625. The molecule has 1 rings (SSSR count). The van der Waals surface area contributed by atoms with Gasteiger partial charge in [0.25, 0.3) is 0 Å². The summed E-state index contributed by atoms with van der Waals surface area (Å²) in [6, 6.07) is 5.94. The molecule has 114 valence electrons. The van der Waals surface area contributed by atoms with Crippen molar-refractivity contribution in [1.82, 2.24) is 5.32 Å². The van der Waals surface area contributed by atoms with Gasteiger partial charge in [0.15, 0.2) is 11.5 Å². The molecule has 0 spiro atoms. The summed E-state index contributed by atoms with van der Waals surface area (Å²) < 4.78 is 11.2. The highest BCUT2D eigenvalue weighted by molar-refractivity contribution is 5.43. The number of ether oxygens (including phenoxy) is 2. The predicted octanol–water partition coefficient (Wildman–Crippen LogP) is 2.73. The molecule has 0 aromatic heterocycles. The first-order chi connectivity index (χ1) is 9.71. The summed E-state index contributed by atoms with van der Waals surface area (Å²) in [6.07, 6.45) is 1.37. The first-order valence-corrected chi connectivity index (χ1v) is 7.48. The van der Waals surface area contributed by atoms with Crippen molar-refractivity contribution in [2.45, 2.75) is 46.3 Å². The molecule has 0 aliphatic heterocycles. The Morgan fingerprint density at radius 1 is 1.15 bits per heavy atom. The van der Waals surface area contributed by atoms with Crippen molar-refractivity contribution in [3.8, 4) is 11.5 Å². The fourth-order valence-corrected chi connectivity index (χ4v) is 1.76. The van der Waals surface area contributed by atoms with Crippen LogP contribution in [-0.4, -0.2) is 31.0 Å². The van der Waals surface area contributed by atoms with Crippen LogP contribution >= 0.6 is 0 Å². The van der Waals surface area contributed by atoms with Gasteiger partial charge in [0.2, 0.25) is 0 Å². The van der Waals surface area contributed by atoms with Crippen molar-refractivity contribution in [3.63, 3.8) is 0 Å². The van der Waals surface area contributed by atoms with Gasteiger partial charge < -0.3 is 19.9 Å². The third kappa shape index (κ3) is 5.80. The van der Waals surface area contributed by atoms with Crippen molar-refractivity contribution in [2.24, 2.45) is 0 Å². The Hall–Kier alpha value is -1.26. The van der Waals surface area contributed by atoms with Crippen LogP contribution in [0.3, 0.4) is 0 Å². The van der Waals surface area contributed by atoms with Crippen LogP contribution in [0.25, 0.3) is 0 Å². The number of aliphatic hydroxyl groups excluding tert-OH is 1. The van der Waals surface area contributed by atoms with E-state index in [4.69, 9.17) is 9.47 Å². The van der Waals surface area contributed by atoms with Crippen molar-refractivity contribution in [1.29, 1.82) is 0 Å². The normalized spacial score (nSPS) is 12.2. The Morgan fingerprint density at radius 3 is 2.60 bits per heavy atom. The second-order valence-electron chi connectivity index (χ2n) is 4.76. The van der Waals surface area contributed by atoms with E-state index >= 15 is 0 Å². The zero-order chi connectivity index (χ0) is 14.8. The quantitative estimate of drug-likeness (QED) is 0.648. The van der Waals surface area contributed by atoms with E-state index in [0.29, 0.717) is 25.4 Å². The Bertz CT molecular complexity index is 382. The van der Waals surface area contributed by atoms with Gasteiger partial charge in [0, 0.05) is 6.54 Å². The van der Waals surface area contributed by atoms with E-state index in [1.54, 1.807) is 0 Å². The molecule has 0 fully saturated rings. The molecule has 20 heavy (non-hydrogen) atoms. The molecule has 4 nitrogen and oxygen atoms in total. The third-order valence-corrected chi connectivity index (χ3v) is 2.97. The number of rotatable bonds is 10. The molecule has 2 N–H and O–H groups in total. The van der Waals surface area contributed by atoms with Gasteiger partial charge in [-0.2, -0.15) is 0 Å². The minimum atomic E-state index is -0.435. The highest BCUT2D eigenvalue weighted by Gasteiger charge is 2.09. The Labute approximate surface area is 122 Å². The van der Waals surface area contributed by atoms with E-state index in [-0.39, 0.29) is 0 Å².